The predicted octanol–water partition coefficient (Wildman–Crippen LogP) is -6.12. The first-order valence-corrected chi connectivity index (χ1v) is 6.39. The van der Waals surface area contributed by atoms with Crippen LogP contribution in [0.15, 0.2) is 43.0 Å². The summed E-state index contributed by atoms with van der Waals surface area (Å²) >= 11 is -0.312. The van der Waals surface area contributed by atoms with E-state index in [4.69, 9.17) is 0 Å². The fourth-order valence-electron chi connectivity index (χ4n) is 1.29. The second-order valence-corrected chi connectivity index (χ2v) is 6.55. The molecule has 0 amide bonds. The van der Waals surface area contributed by atoms with Gasteiger partial charge in [-0.3, -0.25) is 0 Å². The van der Waals surface area contributed by atoms with Gasteiger partial charge in [0.25, 0.3) is 0 Å². The third kappa shape index (κ3) is 4.98. The summed E-state index contributed by atoms with van der Waals surface area (Å²) in [7, 11) is 0. The second-order valence-electron chi connectivity index (χ2n) is 2.77. The van der Waals surface area contributed by atoms with E-state index in [1.165, 1.54) is 12.8 Å². The van der Waals surface area contributed by atoms with E-state index in [1.54, 1.807) is 6.56 Å². The van der Waals surface area contributed by atoms with Gasteiger partial charge < -0.3 is 37.2 Å². The average Bonchev–Trinajstić information content (AvgIpc) is 2.60. The molecule has 0 heterocycles. The molecule has 0 spiro atoms. The molecule has 0 aromatic rings. The Bertz CT molecular complexity index is 254. The normalized spacial score (nSPS) is 15.7. The summed E-state index contributed by atoms with van der Waals surface area (Å²) in [6, 6.07) is 0. The van der Waals surface area contributed by atoms with Gasteiger partial charge in [-0.1, -0.05) is 0 Å². The minimum atomic E-state index is -0.312. The van der Waals surface area contributed by atoms with E-state index in [1.807, 2.05) is 0 Å². The fraction of sp³-hybridized carbons (Fsp3) is 0.200. The maximum atomic E-state index is 2.31. The number of halogens is 3. The molecule has 2 aliphatic carbocycles. The van der Waals surface area contributed by atoms with E-state index < -0.39 is 0 Å². The summed E-state index contributed by atoms with van der Waals surface area (Å²) < 4.78 is 3.45. The van der Waals surface area contributed by atoms with Gasteiger partial charge in [-0.2, -0.15) is 0 Å². The van der Waals surface area contributed by atoms with Gasteiger partial charge in [0, 0.05) is 0 Å². The number of hydrogen-bond acceptors (Lipinski definition) is 0. The molecule has 0 unspecified atom stereocenters. The molecule has 2 rings (SSSR count). The molecule has 0 aromatic heterocycles. The van der Waals surface area contributed by atoms with Crippen molar-refractivity contribution in [2.75, 3.05) is 0 Å². The molecule has 0 N–H and O–H groups in total. The molecule has 0 saturated heterocycles. The van der Waals surface area contributed by atoms with E-state index in [9.17, 15) is 0 Å². The summed E-state index contributed by atoms with van der Waals surface area (Å²) in [4.78, 5) is 0. The van der Waals surface area contributed by atoms with Crippen molar-refractivity contribution in [3.05, 3.63) is 43.0 Å². The summed E-state index contributed by atoms with van der Waals surface area (Å²) in [5, 5.41) is 0. The third-order valence-electron chi connectivity index (χ3n) is 1.86. The Morgan fingerprint density at radius 3 is 1.57 bits per heavy atom. The molecule has 2 aliphatic rings. The summed E-state index contributed by atoms with van der Waals surface area (Å²) in [5.41, 5.74) is 0. The zero-order valence-electron chi connectivity index (χ0n) is 8.51. The van der Waals surface area contributed by atoms with Crippen molar-refractivity contribution in [3.8, 4) is 0 Å². The van der Waals surface area contributed by atoms with Gasteiger partial charge >= 0.3 is 80.5 Å². The molecule has 0 saturated carbocycles. The quantitative estimate of drug-likeness (QED) is 0.473. The predicted molar refractivity (Wildman–Crippen MR) is 44.8 cm³/mol. The van der Waals surface area contributed by atoms with Gasteiger partial charge in [0.05, 0.1) is 0 Å². The van der Waals surface area contributed by atoms with Gasteiger partial charge in [-0.25, -0.2) is 0 Å². The molecule has 0 bridgehead atoms. The fourth-order valence-corrected chi connectivity index (χ4v) is 4.26. The van der Waals surface area contributed by atoms with Crippen LogP contribution in [0.5, 0.6) is 0 Å². The Labute approximate surface area is 117 Å². The van der Waals surface area contributed by atoms with Gasteiger partial charge in [-0.15, -0.1) is 0 Å². The Morgan fingerprint density at radius 1 is 0.857 bits per heavy atom. The van der Waals surface area contributed by atoms with Crippen LogP contribution in [-0.4, -0.2) is 0 Å². The van der Waals surface area contributed by atoms with Gasteiger partial charge in [0.2, 0.25) is 0 Å². The number of rotatable bonds is 2. The Hall–Kier alpha value is 0.713. The maximum absolute atomic E-state index is 2.31. The van der Waals surface area contributed by atoms with Crippen LogP contribution >= 0.6 is 0 Å². The van der Waals surface area contributed by atoms with E-state index in [-0.39, 0.29) is 61.9 Å². The monoisotopic (exact) mass is 326 g/mol. The van der Waals surface area contributed by atoms with Crippen LogP contribution in [0.25, 0.3) is 0 Å². The zero-order valence-corrected chi connectivity index (χ0v) is 12.2. The maximum Gasteiger partial charge on any atom is 1.00 e. The molecule has 4 heteroatoms. The smallest absolute Gasteiger partial charge is 1.00 e. The Morgan fingerprint density at radius 2 is 1.29 bits per heavy atom. The van der Waals surface area contributed by atoms with E-state index in [0.29, 0.717) is 0 Å². The molecule has 0 fully saturated rings. The third-order valence-corrected chi connectivity index (χ3v) is 5.27. The minimum Gasteiger partial charge on any atom is -1.00 e. The average molecular weight is 329 g/mol. The molecular weight excluding hydrogens is 318 g/mol. The summed E-state index contributed by atoms with van der Waals surface area (Å²) in [5.74, 6) is 0. The van der Waals surface area contributed by atoms with Gasteiger partial charge in [0.15, 0.2) is 0 Å². The second kappa shape index (κ2) is 8.98. The van der Waals surface area contributed by atoms with Crippen molar-refractivity contribution >= 4 is 0 Å². The van der Waals surface area contributed by atoms with Crippen molar-refractivity contribution in [1.82, 2.24) is 0 Å². The minimum absolute atomic E-state index is 0. The van der Waals surface area contributed by atoms with Crippen LogP contribution in [0.2, 0.25) is 0 Å². The van der Waals surface area contributed by atoms with Crippen LogP contribution in [0.4, 0.5) is 0 Å². The first-order valence-electron chi connectivity index (χ1n) is 3.93. The molecule has 0 aromatic carbocycles. The standard InChI is InChI=1S/2C5H5.3ClH.Zr/c2*1-2-4-5-3-1;;;;/h2*1-3H,4H2;3*1H;/q;;;;;+2/p-2. The number of allylic oxidation sites excluding steroid dienone is 8. The van der Waals surface area contributed by atoms with Gasteiger partial charge in [-0.05, 0) is 0 Å². The van der Waals surface area contributed by atoms with Crippen LogP contribution in [0, 0.1) is 0 Å². The molecule has 0 aliphatic heterocycles. The molecule has 0 radical (unpaired) electrons. The molecule has 14 heavy (non-hydrogen) atoms. The topological polar surface area (TPSA) is 0 Å². The van der Waals surface area contributed by atoms with Crippen LogP contribution in [-0.2, 0) is 23.2 Å². The van der Waals surface area contributed by atoms with Crippen molar-refractivity contribution in [2.45, 2.75) is 12.8 Å². The van der Waals surface area contributed by atoms with Crippen molar-refractivity contribution in [2.24, 2.45) is 0 Å². The Balaban J connectivity index is -0.000000360. The van der Waals surface area contributed by atoms with Gasteiger partial charge in [0.1, 0.15) is 0 Å². The Kier molecular flexibility index (Phi) is 11.0. The van der Waals surface area contributed by atoms with Crippen molar-refractivity contribution in [1.29, 1.82) is 0 Å². The largest absolute Gasteiger partial charge is 1.00 e. The zero-order chi connectivity index (χ0) is 7.52. The van der Waals surface area contributed by atoms with Crippen LogP contribution < -0.4 is 37.2 Å². The number of hydrogen-bond donors (Lipinski definition) is 0. The van der Waals surface area contributed by atoms with Crippen LogP contribution in [0.1, 0.15) is 14.3 Å². The van der Waals surface area contributed by atoms with Crippen LogP contribution in [0.3, 0.4) is 0 Å². The van der Waals surface area contributed by atoms with E-state index in [0.717, 1.165) is 0 Å². The molecule has 0 nitrogen and oxygen atoms in total. The SMILES string of the molecule is C1=CC[C]([Zr+2][C]2=CC=CC2)=C1.[Cl-].[Cl-].[Cl-].[H+]. The molecular formula is C10H11Cl3Zr. The molecule has 0 atom stereocenters. The first kappa shape index (κ1) is 17.1. The summed E-state index contributed by atoms with van der Waals surface area (Å²) in [6.07, 6.45) is 16.0. The van der Waals surface area contributed by atoms with E-state index in [2.05, 4.69) is 36.5 Å². The summed E-state index contributed by atoms with van der Waals surface area (Å²) in [6.45, 7) is 0. The molecule has 76 valence electrons. The van der Waals surface area contributed by atoms with Crippen molar-refractivity contribution < 1.29 is 61.9 Å². The van der Waals surface area contributed by atoms with E-state index >= 15 is 0 Å². The van der Waals surface area contributed by atoms with Crippen molar-refractivity contribution in [3.63, 3.8) is 0 Å². The first-order chi connectivity index (χ1) is 5.45.